The van der Waals surface area contributed by atoms with E-state index in [0.717, 1.165) is 54.2 Å². The quantitative estimate of drug-likeness (QED) is 0.464. The van der Waals surface area contributed by atoms with E-state index in [1.165, 1.54) is 15.4 Å². The maximum Gasteiger partial charge on any atom is 0.271 e. The van der Waals surface area contributed by atoms with Crippen LogP contribution in [0.25, 0.3) is 10.2 Å². The SMILES string of the molecule is Cc1sc2nc(NN3C=CN(c4ccc(CN5CCN(C)CC5)cc4)C(C(N)=O)=C3O)ncc2c1C. The number of amides is 1. The molecule has 0 bridgehead atoms. The minimum atomic E-state index is -0.758. The Hall–Kier alpha value is -3.67. The van der Waals surface area contributed by atoms with Gasteiger partial charge in [-0.3, -0.25) is 15.1 Å². The molecule has 1 aromatic carbocycles. The number of nitrogens with two attached hydrogens (primary N) is 1. The number of primary amides is 1. The smallest absolute Gasteiger partial charge is 0.271 e. The second-order valence-electron chi connectivity index (χ2n) is 9.13. The van der Waals surface area contributed by atoms with Gasteiger partial charge in [-0.15, -0.1) is 11.3 Å². The Labute approximate surface area is 213 Å². The number of carbonyl (C=O) groups excluding carboxylic acids is 1. The molecular weight excluding hydrogens is 476 g/mol. The predicted molar refractivity (Wildman–Crippen MR) is 142 cm³/mol. The molecule has 0 aliphatic carbocycles. The summed E-state index contributed by atoms with van der Waals surface area (Å²) in [5.41, 5.74) is 11.6. The summed E-state index contributed by atoms with van der Waals surface area (Å²) in [4.78, 5) is 29.6. The Bertz CT molecular complexity index is 1340. The number of aliphatic hydroxyl groups excluding tert-OH is 1. The number of hydrazine groups is 1. The molecule has 188 valence electrons. The Morgan fingerprint density at radius 2 is 1.86 bits per heavy atom. The van der Waals surface area contributed by atoms with Crippen LogP contribution in [0.5, 0.6) is 0 Å². The van der Waals surface area contributed by atoms with E-state index in [1.807, 2.05) is 38.1 Å². The number of nitrogens with one attached hydrogen (secondary N) is 1. The zero-order valence-corrected chi connectivity index (χ0v) is 21.4. The normalized spacial score (nSPS) is 17.3. The maximum atomic E-state index is 12.4. The number of hydrogen-bond acceptors (Lipinski definition) is 10. The zero-order chi connectivity index (χ0) is 25.4. The molecule has 1 fully saturated rings. The highest BCUT2D eigenvalue weighted by atomic mass is 32.1. The molecule has 2 aliphatic heterocycles. The number of benzene rings is 1. The van der Waals surface area contributed by atoms with Crippen molar-refractivity contribution < 1.29 is 9.90 Å². The summed E-state index contributed by atoms with van der Waals surface area (Å²) in [6.07, 6.45) is 5.02. The van der Waals surface area contributed by atoms with Gasteiger partial charge in [0.25, 0.3) is 5.91 Å². The molecule has 10 nitrogen and oxygen atoms in total. The third-order valence-corrected chi connectivity index (χ3v) is 7.77. The maximum absolute atomic E-state index is 12.4. The number of aliphatic hydroxyl groups is 1. The van der Waals surface area contributed by atoms with Gasteiger partial charge in [-0.05, 0) is 44.2 Å². The number of aromatic nitrogens is 2. The molecule has 0 unspecified atom stereocenters. The van der Waals surface area contributed by atoms with Gasteiger partial charge in [0.15, 0.2) is 5.70 Å². The van der Waals surface area contributed by atoms with Crippen LogP contribution in [-0.4, -0.2) is 69.0 Å². The van der Waals surface area contributed by atoms with Crippen LogP contribution in [-0.2, 0) is 11.3 Å². The van der Waals surface area contributed by atoms with Crippen LogP contribution < -0.4 is 16.1 Å². The number of likely N-dealkylation sites (N-methyl/N-ethyl adjacent to an activating group) is 1. The van der Waals surface area contributed by atoms with Crippen molar-refractivity contribution in [3.05, 3.63) is 70.4 Å². The van der Waals surface area contributed by atoms with Gasteiger partial charge >= 0.3 is 0 Å². The molecule has 11 heteroatoms. The molecule has 2 aromatic heterocycles. The second kappa shape index (κ2) is 9.76. The fraction of sp³-hybridized carbons (Fsp3) is 0.320. The van der Waals surface area contributed by atoms with Crippen LogP contribution in [0.4, 0.5) is 11.6 Å². The fourth-order valence-corrected chi connectivity index (χ4v) is 5.34. The van der Waals surface area contributed by atoms with Crippen LogP contribution in [0.3, 0.4) is 0 Å². The lowest BCUT2D eigenvalue weighted by Gasteiger charge is -2.33. The summed E-state index contributed by atoms with van der Waals surface area (Å²) in [5, 5.41) is 13.2. The Morgan fingerprint density at radius 1 is 1.14 bits per heavy atom. The van der Waals surface area contributed by atoms with Gasteiger partial charge in [-0.25, -0.2) is 15.0 Å². The molecule has 1 saturated heterocycles. The number of hydrogen-bond donors (Lipinski definition) is 3. The largest absolute Gasteiger partial charge is 0.492 e. The Kier molecular flexibility index (Phi) is 6.52. The summed E-state index contributed by atoms with van der Waals surface area (Å²) in [5.74, 6) is -0.801. The number of anilines is 2. The van der Waals surface area contributed by atoms with Gasteiger partial charge in [0.1, 0.15) is 4.83 Å². The topological polar surface area (TPSA) is 114 Å². The first-order chi connectivity index (χ1) is 17.3. The minimum absolute atomic E-state index is 0.0549. The molecule has 4 heterocycles. The lowest BCUT2D eigenvalue weighted by molar-refractivity contribution is -0.114. The van der Waals surface area contributed by atoms with Crippen LogP contribution in [0.1, 0.15) is 16.0 Å². The number of carbonyl (C=O) groups is 1. The third kappa shape index (κ3) is 4.72. The molecule has 3 aromatic rings. The minimum Gasteiger partial charge on any atom is -0.492 e. The highest BCUT2D eigenvalue weighted by Gasteiger charge is 2.28. The standard InChI is InChI=1S/C25H30N8O2S/c1-16-17(2)36-23-20(16)14-27-25(28-23)29-33-13-12-32(21(22(26)34)24(33)35)19-6-4-18(5-7-19)15-31-10-8-30(3)9-11-31/h4-7,12-14,35H,8-11,15H2,1-3H3,(H2,26,34)(H,27,28,29). The van der Waals surface area contributed by atoms with Crippen LogP contribution >= 0.6 is 11.3 Å². The first-order valence-corrected chi connectivity index (χ1v) is 12.6. The van der Waals surface area contributed by atoms with Gasteiger partial charge in [0, 0.05) is 67.3 Å². The van der Waals surface area contributed by atoms with Gasteiger partial charge < -0.3 is 20.6 Å². The van der Waals surface area contributed by atoms with Gasteiger partial charge in [0.05, 0.1) is 0 Å². The lowest BCUT2D eigenvalue weighted by atomic mass is 10.1. The van der Waals surface area contributed by atoms with E-state index in [4.69, 9.17) is 5.73 Å². The van der Waals surface area contributed by atoms with Crippen molar-refractivity contribution in [2.75, 3.05) is 43.6 Å². The Balaban J connectivity index is 1.33. The third-order valence-electron chi connectivity index (χ3n) is 6.65. The van der Waals surface area contributed by atoms with Crippen LogP contribution in [0.2, 0.25) is 0 Å². The number of piperazine rings is 1. The van der Waals surface area contributed by atoms with Crippen molar-refractivity contribution in [1.82, 2.24) is 24.8 Å². The molecule has 36 heavy (non-hydrogen) atoms. The summed E-state index contributed by atoms with van der Waals surface area (Å²) < 4.78 is 0. The van der Waals surface area contributed by atoms with Gasteiger partial charge in [-0.1, -0.05) is 12.1 Å². The lowest BCUT2D eigenvalue weighted by Crippen LogP contribution is -2.43. The van der Waals surface area contributed by atoms with Crippen molar-refractivity contribution in [3.63, 3.8) is 0 Å². The van der Waals surface area contributed by atoms with E-state index in [1.54, 1.807) is 34.8 Å². The summed E-state index contributed by atoms with van der Waals surface area (Å²) in [6, 6.07) is 7.92. The number of rotatable bonds is 6. The van der Waals surface area contributed by atoms with E-state index < -0.39 is 5.91 Å². The average molecular weight is 507 g/mol. The summed E-state index contributed by atoms with van der Waals surface area (Å²) in [7, 11) is 2.14. The number of thiophene rings is 1. The van der Waals surface area contributed by atoms with Gasteiger partial charge in [0.2, 0.25) is 11.8 Å². The number of fused-ring (bicyclic) bond motifs is 1. The van der Waals surface area contributed by atoms with Crippen molar-refractivity contribution in [2.24, 2.45) is 5.73 Å². The van der Waals surface area contributed by atoms with Crippen LogP contribution in [0.15, 0.2) is 54.4 Å². The molecule has 5 rings (SSSR count). The van der Waals surface area contributed by atoms with E-state index in [2.05, 4.69) is 32.2 Å². The van der Waals surface area contributed by atoms with Crippen molar-refractivity contribution in [2.45, 2.75) is 20.4 Å². The molecule has 0 atom stereocenters. The molecule has 0 spiro atoms. The molecule has 2 aliphatic rings. The van der Waals surface area contributed by atoms with Crippen LogP contribution in [0, 0.1) is 13.8 Å². The second-order valence-corrected chi connectivity index (χ2v) is 10.3. The number of nitrogens with zero attached hydrogens (tertiary/aromatic N) is 6. The molecule has 4 N–H and O–H groups in total. The first-order valence-electron chi connectivity index (χ1n) is 11.8. The first kappa shape index (κ1) is 24.0. The molecule has 0 saturated carbocycles. The van der Waals surface area contributed by atoms with E-state index in [-0.39, 0.29) is 11.6 Å². The monoisotopic (exact) mass is 506 g/mol. The van der Waals surface area contributed by atoms with Crippen molar-refractivity contribution in [1.29, 1.82) is 0 Å². The summed E-state index contributed by atoms with van der Waals surface area (Å²) in [6.45, 7) is 9.18. The number of aryl methyl sites for hydroxylation is 2. The van der Waals surface area contributed by atoms with Crippen molar-refractivity contribution in [3.8, 4) is 0 Å². The molecular formula is C25H30N8O2S. The van der Waals surface area contributed by atoms with Crippen molar-refractivity contribution >= 4 is 39.1 Å². The predicted octanol–water partition coefficient (Wildman–Crippen LogP) is 2.89. The summed E-state index contributed by atoms with van der Waals surface area (Å²) >= 11 is 1.58. The fourth-order valence-electron chi connectivity index (χ4n) is 4.33. The van der Waals surface area contributed by atoms with Gasteiger partial charge in [-0.2, -0.15) is 0 Å². The molecule has 0 radical (unpaired) electrons. The van der Waals surface area contributed by atoms with E-state index >= 15 is 0 Å². The molecule has 1 amide bonds. The Morgan fingerprint density at radius 3 is 2.56 bits per heavy atom. The van der Waals surface area contributed by atoms with E-state index in [0.29, 0.717) is 5.95 Å². The highest BCUT2D eigenvalue weighted by Crippen LogP contribution is 2.30. The zero-order valence-electron chi connectivity index (χ0n) is 20.6. The van der Waals surface area contributed by atoms with E-state index in [9.17, 15) is 9.90 Å². The highest BCUT2D eigenvalue weighted by molar-refractivity contribution is 7.18. The average Bonchev–Trinajstić information content (AvgIpc) is 3.14.